The van der Waals surface area contributed by atoms with E-state index in [2.05, 4.69) is 21.9 Å². The van der Waals surface area contributed by atoms with Gasteiger partial charge in [-0.2, -0.15) is 9.97 Å². The third-order valence-corrected chi connectivity index (χ3v) is 3.40. The van der Waals surface area contributed by atoms with E-state index in [0.717, 1.165) is 5.82 Å². The lowest BCUT2D eigenvalue weighted by Crippen LogP contribution is -2.34. The Labute approximate surface area is 102 Å². The molecule has 0 radical (unpaired) electrons. The molecule has 1 aromatic heterocycles. The van der Waals surface area contributed by atoms with Crippen LogP contribution in [0.4, 0.5) is 11.8 Å². The molecule has 1 aliphatic rings. The summed E-state index contributed by atoms with van der Waals surface area (Å²) in [5.74, 6) is 1.64. The lowest BCUT2D eigenvalue weighted by molar-refractivity contribution is 0.396. The summed E-state index contributed by atoms with van der Waals surface area (Å²) >= 11 is 0. The number of nitrogen functional groups attached to an aromatic ring is 1. The van der Waals surface area contributed by atoms with E-state index in [9.17, 15) is 0 Å². The zero-order chi connectivity index (χ0) is 12.3. The van der Waals surface area contributed by atoms with Crippen LogP contribution in [0, 0.1) is 0 Å². The first kappa shape index (κ1) is 12.0. The molecule has 1 aromatic rings. The fraction of sp³-hybridized carbons (Fsp3) is 0.667. The minimum atomic E-state index is 0.266. The molecule has 0 aromatic carbocycles. The number of methoxy groups -OCH3 is 1. The van der Waals surface area contributed by atoms with Gasteiger partial charge in [0.15, 0.2) is 0 Å². The summed E-state index contributed by atoms with van der Waals surface area (Å²) in [5.41, 5.74) is 5.67. The number of hydrogen-bond donors (Lipinski definition) is 1. The van der Waals surface area contributed by atoms with E-state index in [1.54, 1.807) is 7.11 Å². The highest BCUT2D eigenvalue weighted by atomic mass is 16.5. The number of aromatic nitrogens is 2. The molecule has 5 nitrogen and oxygen atoms in total. The van der Waals surface area contributed by atoms with Gasteiger partial charge >= 0.3 is 0 Å². The smallest absolute Gasteiger partial charge is 0.225 e. The molecule has 0 unspecified atom stereocenters. The van der Waals surface area contributed by atoms with Crippen molar-refractivity contribution in [3.8, 4) is 5.88 Å². The van der Waals surface area contributed by atoms with E-state index >= 15 is 0 Å². The largest absolute Gasteiger partial charge is 0.481 e. The number of rotatable bonds is 3. The Morgan fingerprint density at radius 2 is 2.00 bits per heavy atom. The van der Waals surface area contributed by atoms with Crippen LogP contribution < -0.4 is 15.4 Å². The minimum Gasteiger partial charge on any atom is -0.481 e. The molecule has 0 spiro atoms. The standard InChI is InChI=1S/C12H20N4O/c1-16(9-6-4-3-5-7-9)10-8-11(17-2)15-12(13)14-10/h8-9H,3-7H2,1-2H3,(H2,13,14,15). The summed E-state index contributed by atoms with van der Waals surface area (Å²) in [6.07, 6.45) is 6.39. The van der Waals surface area contributed by atoms with Crippen LogP contribution in [0.2, 0.25) is 0 Å². The van der Waals surface area contributed by atoms with Crippen LogP contribution in [0.3, 0.4) is 0 Å². The monoisotopic (exact) mass is 236 g/mol. The maximum absolute atomic E-state index is 5.67. The van der Waals surface area contributed by atoms with E-state index < -0.39 is 0 Å². The molecule has 2 rings (SSSR count). The van der Waals surface area contributed by atoms with Crippen molar-refractivity contribution in [3.63, 3.8) is 0 Å². The third kappa shape index (κ3) is 2.78. The SMILES string of the molecule is COc1cc(N(C)C2CCCCC2)nc(N)n1. The molecule has 0 amide bonds. The molecule has 17 heavy (non-hydrogen) atoms. The quantitative estimate of drug-likeness (QED) is 0.867. The van der Waals surface area contributed by atoms with E-state index in [1.807, 2.05) is 6.07 Å². The molecule has 94 valence electrons. The van der Waals surface area contributed by atoms with Gasteiger partial charge in [0.1, 0.15) is 5.82 Å². The highest BCUT2D eigenvalue weighted by molar-refractivity contribution is 5.45. The van der Waals surface area contributed by atoms with E-state index in [-0.39, 0.29) is 5.95 Å². The Morgan fingerprint density at radius 1 is 1.29 bits per heavy atom. The van der Waals surface area contributed by atoms with Crippen molar-refractivity contribution < 1.29 is 4.74 Å². The van der Waals surface area contributed by atoms with Gasteiger partial charge in [-0.05, 0) is 12.8 Å². The molecule has 1 aliphatic carbocycles. The zero-order valence-corrected chi connectivity index (χ0v) is 10.5. The Balaban J connectivity index is 2.17. The summed E-state index contributed by atoms with van der Waals surface area (Å²) in [5, 5.41) is 0. The maximum atomic E-state index is 5.67. The van der Waals surface area contributed by atoms with Gasteiger partial charge in [-0.25, -0.2) is 0 Å². The zero-order valence-electron chi connectivity index (χ0n) is 10.5. The van der Waals surface area contributed by atoms with Crippen molar-refractivity contribution in [1.82, 2.24) is 9.97 Å². The second-order valence-electron chi connectivity index (χ2n) is 4.53. The predicted molar refractivity (Wildman–Crippen MR) is 68.3 cm³/mol. The van der Waals surface area contributed by atoms with Gasteiger partial charge in [0.2, 0.25) is 11.8 Å². The van der Waals surface area contributed by atoms with Crippen LogP contribution in [0.1, 0.15) is 32.1 Å². The molecule has 1 saturated carbocycles. The van der Waals surface area contributed by atoms with Crippen LogP contribution in [0.5, 0.6) is 5.88 Å². The highest BCUT2D eigenvalue weighted by Crippen LogP contribution is 2.26. The average molecular weight is 236 g/mol. The minimum absolute atomic E-state index is 0.266. The van der Waals surface area contributed by atoms with Crippen LogP contribution >= 0.6 is 0 Å². The topological polar surface area (TPSA) is 64.3 Å². The molecule has 0 saturated heterocycles. The Kier molecular flexibility index (Phi) is 3.66. The number of ether oxygens (including phenoxy) is 1. The van der Waals surface area contributed by atoms with Crippen molar-refractivity contribution in [2.24, 2.45) is 0 Å². The van der Waals surface area contributed by atoms with E-state index in [4.69, 9.17) is 10.5 Å². The van der Waals surface area contributed by atoms with Gasteiger partial charge in [-0.3, -0.25) is 0 Å². The van der Waals surface area contributed by atoms with Crippen LogP contribution in [-0.2, 0) is 0 Å². The summed E-state index contributed by atoms with van der Waals surface area (Å²) in [7, 11) is 3.66. The van der Waals surface area contributed by atoms with Crippen LogP contribution in [0.15, 0.2) is 6.07 Å². The van der Waals surface area contributed by atoms with E-state index in [1.165, 1.54) is 32.1 Å². The van der Waals surface area contributed by atoms with Crippen LogP contribution in [-0.4, -0.2) is 30.2 Å². The van der Waals surface area contributed by atoms with Crippen molar-refractivity contribution in [2.75, 3.05) is 24.8 Å². The first-order chi connectivity index (χ1) is 8.20. The fourth-order valence-corrected chi connectivity index (χ4v) is 2.37. The van der Waals surface area contributed by atoms with Gasteiger partial charge in [0, 0.05) is 19.2 Å². The molecular formula is C12H20N4O. The van der Waals surface area contributed by atoms with Gasteiger partial charge in [-0.1, -0.05) is 19.3 Å². The first-order valence-corrected chi connectivity index (χ1v) is 6.12. The van der Waals surface area contributed by atoms with Crippen LogP contribution in [0.25, 0.3) is 0 Å². The summed E-state index contributed by atoms with van der Waals surface area (Å²) in [6, 6.07) is 2.40. The summed E-state index contributed by atoms with van der Waals surface area (Å²) in [6.45, 7) is 0. The Bertz CT molecular complexity index is 377. The molecule has 0 bridgehead atoms. The summed E-state index contributed by atoms with van der Waals surface area (Å²) < 4.78 is 5.12. The molecule has 5 heteroatoms. The first-order valence-electron chi connectivity index (χ1n) is 6.12. The summed E-state index contributed by atoms with van der Waals surface area (Å²) in [4.78, 5) is 10.5. The molecular weight excluding hydrogens is 216 g/mol. The molecule has 1 fully saturated rings. The van der Waals surface area contributed by atoms with Crippen molar-refractivity contribution in [2.45, 2.75) is 38.1 Å². The maximum Gasteiger partial charge on any atom is 0.225 e. The van der Waals surface area contributed by atoms with Crippen molar-refractivity contribution in [3.05, 3.63) is 6.07 Å². The predicted octanol–water partition coefficient (Wildman–Crippen LogP) is 1.84. The Hall–Kier alpha value is -1.52. The lowest BCUT2D eigenvalue weighted by atomic mass is 9.94. The van der Waals surface area contributed by atoms with Crippen molar-refractivity contribution >= 4 is 11.8 Å². The molecule has 0 aliphatic heterocycles. The van der Waals surface area contributed by atoms with Gasteiger partial charge in [0.05, 0.1) is 7.11 Å². The van der Waals surface area contributed by atoms with Gasteiger partial charge in [0.25, 0.3) is 0 Å². The van der Waals surface area contributed by atoms with E-state index in [0.29, 0.717) is 11.9 Å². The number of nitrogens with two attached hydrogens (primary N) is 1. The Morgan fingerprint density at radius 3 is 2.65 bits per heavy atom. The lowest BCUT2D eigenvalue weighted by Gasteiger charge is -2.32. The number of anilines is 2. The number of hydrogen-bond acceptors (Lipinski definition) is 5. The van der Waals surface area contributed by atoms with Gasteiger partial charge in [-0.15, -0.1) is 0 Å². The normalized spacial score (nSPS) is 16.8. The molecule has 0 atom stereocenters. The van der Waals surface area contributed by atoms with Gasteiger partial charge < -0.3 is 15.4 Å². The number of nitrogens with zero attached hydrogens (tertiary/aromatic N) is 3. The van der Waals surface area contributed by atoms with Crippen molar-refractivity contribution in [1.29, 1.82) is 0 Å². The molecule has 1 heterocycles. The third-order valence-electron chi connectivity index (χ3n) is 3.40. The second-order valence-corrected chi connectivity index (χ2v) is 4.53. The average Bonchev–Trinajstić information content (AvgIpc) is 2.38. The molecule has 2 N–H and O–H groups in total. The highest BCUT2D eigenvalue weighted by Gasteiger charge is 2.20. The second kappa shape index (κ2) is 5.21. The fourth-order valence-electron chi connectivity index (χ4n) is 2.37.